The normalized spacial score (nSPS) is 33.9. The van der Waals surface area contributed by atoms with Crippen LogP contribution in [-0.4, -0.2) is 59.1 Å². The van der Waals surface area contributed by atoms with Crippen molar-refractivity contribution in [3.63, 3.8) is 0 Å². The smallest absolute Gasteiger partial charge is 0.335 e. The Morgan fingerprint density at radius 2 is 1.59 bits per heavy atom. The minimum absolute atomic E-state index is 0.0264. The van der Waals surface area contributed by atoms with Gasteiger partial charge in [-0.15, -0.1) is 0 Å². The number of hydrogen-bond donors (Lipinski definition) is 2. The van der Waals surface area contributed by atoms with Gasteiger partial charge < -0.3 is 19.8 Å². The number of carboxylic acid groups (broad SMARTS) is 1. The summed E-state index contributed by atoms with van der Waals surface area (Å²) in [5.74, 6) is 0.230. The number of aliphatic hydroxyl groups excluding tert-OH is 1. The van der Waals surface area contributed by atoms with Gasteiger partial charge in [-0.1, -0.05) is 96.0 Å². The third-order valence-corrected chi connectivity index (χ3v) is 16.7. The Kier molecular flexibility index (Phi) is 10.6. The summed E-state index contributed by atoms with van der Waals surface area (Å²) in [5.41, 5.74) is 5.02. The number of ketones is 1. The van der Waals surface area contributed by atoms with Crippen molar-refractivity contribution in [3.8, 4) is 0 Å². The lowest BCUT2D eigenvalue weighted by molar-refractivity contribution is -0.200. The van der Waals surface area contributed by atoms with Crippen molar-refractivity contribution < 1.29 is 29.3 Å². The monoisotopic (exact) mass is 783 g/mol. The van der Waals surface area contributed by atoms with Crippen molar-refractivity contribution in [2.24, 2.45) is 50.7 Å². The summed E-state index contributed by atoms with van der Waals surface area (Å²) >= 11 is 6.18. The molecule has 302 valence electrons. The molecule has 8 atom stereocenters. The predicted molar refractivity (Wildman–Crippen MR) is 221 cm³/mol. The second-order valence-corrected chi connectivity index (χ2v) is 20.1. The predicted octanol–water partition coefficient (Wildman–Crippen LogP) is 10.0. The SMILES string of the molecule is COCC(=O)N(Cc1ccc(Cl)cc1)CC(O)[C@@]12CC[C@]3(C)[C@H](CC[C@@H]4[C@@]5(C)CC=C(c6ccc(C(=O)O)cc6)C(C)(C)[C@@H]5CC[C@]43C)C1=C(C(C)C)C(=O)C2. The number of nitrogens with zero attached hydrogens (tertiary/aromatic N) is 1. The molecule has 7 rings (SSSR count). The maximum Gasteiger partial charge on any atom is 0.335 e. The highest BCUT2D eigenvalue weighted by molar-refractivity contribution is 6.30. The fourth-order valence-corrected chi connectivity index (χ4v) is 13.8. The average Bonchev–Trinajstić information content (AvgIpc) is 3.45. The van der Waals surface area contributed by atoms with Crippen molar-refractivity contribution in [2.45, 2.75) is 112 Å². The Morgan fingerprint density at radius 3 is 2.21 bits per heavy atom. The van der Waals surface area contributed by atoms with Crippen molar-refractivity contribution >= 4 is 34.8 Å². The molecule has 3 saturated carbocycles. The van der Waals surface area contributed by atoms with Crippen LogP contribution in [-0.2, 0) is 20.9 Å². The van der Waals surface area contributed by atoms with Crippen LogP contribution in [0.1, 0.15) is 121 Å². The van der Waals surface area contributed by atoms with Crippen LogP contribution >= 0.6 is 11.6 Å². The summed E-state index contributed by atoms with van der Waals surface area (Å²) in [6, 6.07) is 14.9. The lowest BCUT2D eigenvalue weighted by Gasteiger charge is -2.71. The summed E-state index contributed by atoms with van der Waals surface area (Å²) < 4.78 is 5.28. The van der Waals surface area contributed by atoms with Gasteiger partial charge in [-0.25, -0.2) is 4.79 Å². The number of fused-ring (bicyclic) bond motifs is 7. The number of halogens is 1. The Labute approximate surface area is 338 Å². The Morgan fingerprint density at radius 1 is 0.911 bits per heavy atom. The fourth-order valence-electron chi connectivity index (χ4n) is 13.6. The molecule has 0 aromatic heterocycles. The summed E-state index contributed by atoms with van der Waals surface area (Å²) in [7, 11) is 1.51. The van der Waals surface area contributed by atoms with Gasteiger partial charge in [-0.2, -0.15) is 0 Å². The number of hydrogen-bond acceptors (Lipinski definition) is 5. The lowest BCUT2D eigenvalue weighted by Crippen LogP contribution is -2.64. The maximum atomic E-state index is 14.3. The van der Waals surface area contributed by atoms with Gasteiger partial charge in [0.25, 0.3) is 0 Å². The highest BCUT2D eigenvalue weighted by atomic mass is 35.5. The number of benzene rings is 2. The van der Waals surface area contributed by atoms with E-state index in [-0.39, 0.29) is 58.3 Å². The van der Waals surface area contributed by atoms with E-state index in [0.717, 1.165) is 61.6 Å². The second kappa shape index (κ2) is 14.5. The van der Waals surface area contributed by atoms with E-state index in [1.165, 1.54) is 18.3 Å². The van der Waals surface area contributed by atoms with E-state index in [1.807, 2.05) is 36.4 Å². The van der Waals surface area contributed by atoms with Crippen molar-refractivity contribution in [1.29, 1.82) is 0 Å². The van der Waals surface area contributed by atoms with Gasteiger partial charge in [-0.05, 0) is 137 Å². The molecule has 5 aliphatic carbocycles. The summed E-state index contributed by atoms with van der Waals surface area (Å²) in [6.07, 6.45) is 8.75. The summed E-state index contributed by atoms with van der Waals surface area (Å²) in [5, 5.41) is 22.7. The van der Waals surface area contributed by atoms with E-state index in [2.05, 4.69) is 54.5 Å². The molecule has 8 heteroatoms. The summed E-state index contributed by atoms with van der Waals surface area (Å²) in [6.45, 7) is 17.0. The molecule has 2 aromatic carbocycles. The van der Waals surface area contributed by atoms with Crippen LogP contribution in [0.25, 0.3) is 5.57 Å². The third kappa shape index (κ3) is 6.25. The van der Waals surface area contributed by atoms with Gasteiger partial charge in [0.15, 0.2) is 5.78 Å². The quantitative estimate of drug-likeness (QED) is 0.249. The number of rotatable bonds is 10. The summed E-state index contributed by atoms with van der Waals surface area (Å²) in [4.78, 5) is 41.1. The minimum atomic E-state index is -0.905. The molecule has 3 fully saturated rings. The molecule has 2 N–H and O–H groups in total. The van der Waals surface area contributed by atoms with E-state index in [4.69, 9.17) is 16.3 Å². The molecule has 56 heavy (non-hydrogen) atoms. The fraction of sp³-hybridized carbons (Fsp3) is 0.604. The van der Waals surface area contributed by atoms with Crippen LogP contribution in [0.5, 0.6) is 0 Å². The number of methoxy groups -OCH3 is 1. The zero-order valence-corrected chi connectivity index (χ0v) is 35.5. The zero-order chi connectivity index (χ0) is 40.6. The first kappa shape index (κ1) is 40.9. The highest BCUT2D eigenvalue weighted by Gasteiger charge is 2.70. The van der Waals surface area contributed by atoms with Crippen LogP contribution < -0.4 is 0 Å². The molecule has 7 nitrogen and oxygen atoms in total. The largest absolute Gasteiger partial charge is 0.478 e. The number of Topliss-reactive ketones (excluding diaryl/α,β-unsaturated/α-hetero) is 1. The van der Waals surface area contributed by atoms with E-state index in [0.29, 0.717) is 35.4 Å². The Balaban J connectivity index is 1.22. The van der Waals surface area contributed by atoms with Crippen molar-refractivity contribution in [2.75, 3.05) is 20.3 Å². The molecule has 0 radical (unpaired) electrons. The molecule has 0 spiro atoms. The van der Waals surface area contributed by atoms with Crippen LogP contribution in [0, 0.1) is 50.7 Å². The van der Waals surface area contributed by atoms with Gasteiger partial charge in [0.1, 0.15) is 6.61 Å². The first-order chi connectivity index (χ1) is 26.3. The molecular formula is C48H62ClNO6. The number of carbonyl (C=O) groups excluding carboxylic acids is 2. The number of carboxylic acids is 1. The van der Waals surface area contributed by atoms with Crippen LogP contribution in [0.3, 0.4) is 0 Å². The molecule has 0 heterocycles. The molecular weight excluding hydrogens is 722 g/mol. The number of allylic oxidation sites excluding steroid dienone is 3. The molecule has 0 bridgehead atoms. The van der Waals surface area contributed by atoms with Gasteiger partial charge in [0.2, 0.25) is 5.91 Å². The Hall–Kier alpha value is -3.26. The maximum absolute atomic E-state index is 14.3. The molecule has 2 aromatic rings. The first-order valence-electron chi connectivity index (χ1n) is 20.9. The minimum Gasteiger partial charge on any atom is -0.478 e. The first-order valence-corrected chi connectivity index (χ1v) is 21.2. The van der Waals surface area contributed by atoms with Gasteiger partial charge >= 0.3 is 5.97 Å². The molecule has 1 amide bonds. The number of amides is 1. The number of aromatic carboxylic acids is 1. The van der Waals surface area contributed by atoms with Crippen LogP contribution in [0.2, 0.25) is 5.02 Å². The standard InChI is InChI=1S/C48H62ClNO6/c1-29(2)41-36(51)25-48(39(52)27-50(40(53)28-56-8)26-30-9-15-33(49)16-10-30)24-23-46(6)35(42(41)48)17-18-38-45(5)21-19-34(31-11-13-32(14-12-31)43(54)55)44(3,4)37(45)20-22-47(38,46)7/h9-16,19,29,35,37-39,52H,17-18,20-28H2,1-8H3,(H,54,55)/t35-,37+,38-,39?,45+,46-,47-,48+/m1/s1. The average molecular weight is 784 g/mol. The molecule has 0 aliphatic heterocycles. The number of aliphatic hydroxyl groups is 1. The van der Waals surface area contributed by atoms with Crippen LogP contribution in [0.4, 0.5) is 0 Å². The number of ether oxygens (including phenoxy) is 1. The highest BCUT2D eigenvalue weighted by Crippen LogP contribution is 2.77. The van der Waals surface area contributed by atoms with Crippen LogP contribution in [0.15, 0.2) is 65.8 Å². The molecule has 1 unspecified atom stereocenters. The van der Waals surface area contributed by atoms with E-state index >= 15 is 0 Å². The van der Waals surface area contributed by atoms with Gasteiger partial charge in [0, 0.05) is 37.1 Å². The zero-order valence-electron chi connectivity index (χ0n) is 34.7. The lowest BCUT2D eigenvalue weighted by atomic mass is 9.33. The topological polar surface area (TPSA) is 104 Å². The van der Waals surface area contributed by atoms with E-state index in [9.17, 15) is 24.6 Å². The van der Waals surface area contributed by atoms with Gasteiger partial charge in [0.05, 0.1) is 11.7 Å². The number of carbonyl (C=O) groups is 3. The van der Waals surface area contributed by atoms with Crippen molar-refractivity contribution in [3.05, 3.63) is 87.5 Å². The van der Waals surface area contributed by atoms with Gasteiger partial charge in [-0.3, -0.25) is 9.59 Å². The Bertz CT molecular complexity index is 1950. The van der Waals surface area contributed by atoms with Crippen molar-refractivity contribution in [1.82, 2.24) is 4.90 Å². The third-order valence-electron chi connectivity index (χ3n) is 16.4. The molecule has 0 saturated heterocycles. The second-order valence-electron chi connectivity index (χ2n) is 19.6. The van der Waals surface area contributed by atoms with E-state index in [1.54, 1.807) is 17.0 Å². The molecule has 5 aliphatic rings. The van der Waals surface area contributed by atoms with E-state index < -0.39 is 17.5 Å².